The van der Waals surface area contributed by atoms with E-state index < -0.39 is 0 Å². The highest BCUT2D eigenvalue weighted by molar-refractivity contribution is 5.94. The van der Waals surface area contributed by atoms with Gasteiger partial charge in [-0.2, -0.15) is 0 Å². The second kappa shape index (κ2) is 10.9. The van der Waals surface area contributed by atoms with Gasteiger partial charge in [-0.25, -0.2) is 0 Å². The molecule has 1 aliphatic heterocycles. The number of aliphatic imine (C=N–C) groups is 1. The molecule has 1 saturated heterocycles. The van der Waals surface area contributed by atoms with Crippen LogP contribution in [0.25, 0.3) is 0 Å². The van der Waals surface area contributed by atoms with Crippen LogP contribution in [0.15, 0.2) is 29.3 Å². The van der Waals surface area contributed by atoms with Gasteiger partial charge < -0.3 is 19.9 Å². The largest absolute Gasteiger partial charge is 0.381 e. The topological polar surface area (TPSA) is 57.2 Å². The van der Waals surface area contributed by atoms with Crippen LogP contribution in [0.1, 0.15) is 35.2 Å². The number of carbonyl (C=O) groups is 1. The fraction of sp³-hybridized carbons (Fsp3) is 0.619. The summed E-state index contributed by atoms with van der Waals surface area (Å²) >= 11 is 0. The fourth-order valence-corrected chi connectivity index (χ4v) is 3.34. The van der Waals surface area contributed by atoms with Crippen molar-refractivity contribution in [1.82, 2.24) is 15.1 Å². The van der Waals surface area contributed by atoms with Gasteiger partial charge in [0.05, 0.1) is 0 Å². The molecule has 6 nitrogen and oxygen atoms in total. The number of ether oxygens (including phenoxy) is 1. The molecule has 0 unspecified atom stereocenters. The molecule has 1 aliphatic rings. The number of amides is 1. The average molecular weight is 375 g/mol. The maximum absolute atomic E-state index is 12.1. The van der Waals surface area contributed by atoms with E-state index in [0.29, 0.717) is 0 Å². The Morgan fingerprint density at radius 3 is 2.67 bits per heavy atom. The third-order valence-corrected chi connectivity index (χ3v) is 5.06. The quantitative estimate of drug-likeness (QED) is 0.587. The van der Waals surface area contributed by atoms with Crippen molar-refractivity contribution in [3.8, 4) is 0 Å². The van der Waals surface area contributed by atoms with Crippen LogP contribution >= 0.6 is 0 Å². The van der Waals surface area contributed by atoms with E-state index in [0.717, 1.165) is 55.7 Å². The number of nitrogens with zero attached hydrogens (tertiary/aromatic N) is 3. The van der Waals surface area contributed by atoms with Gasteiger partial charge in [-0.15, -0.1) is 0 Å². The van der Waals surface area contributed by atoms with Crippen LogP contribution < -0.4 is 5.32 Å². The fourth-order valence-electron chi connectivity index (χ4n) is 3.34. The number of guanidine groups is 1. The number of rotatable bonds is 7. The van der Waals surface area contributed by atoms with E-state index in [9.17, 15) is 4.79 Å². The van der Waals surface area contributed by atoms with Crippen molar-refractivity contribution < 1.29 is 9.53 Å². The molecule has 0 aromatic heterocycles. The van der Waals surface area contributed by atoms with Crippen LogP contribution in [0.2, 0.25) is 0 Å². The standard InChI is InChI=1S/C21H34N4O2/c1-22-21(25(4)13-9-17-10-14-27-15-11-17)23-12-8-18-6-5-7-19(16-18)20(26)24(2)3/h5-7,16-17H,8-15H2,1-4H3,(H,22,23). The zero-order valence-electron chi connectivity index (χ0n) is 17.2. The number of benzene rings is 1. The Morgan fingerprint density at radius 2 is 2.00 bits per heavy atom. The molecular formula is C21H34N4O2. The highest BCUT2D eigenvalue weighted by Crippen LogP contribution is 2.18. The van der Waals surface area contributed by atoms with Crippen LogP contribution in [0.4, 0.5) is 0 Å². The lowest BCUT2D eigenvalue weighted by atomic mass is 9.96. The maximum Gasteiger partial charge on any atom is 0.253 e. The van der Waals surface area contributed by atoms with Gasteiger partial charge in [-0.1, -0.05) is 12.1 Å². The Kier molecular flexibility index (Phi) is 8.58. The summed E-state index contributed by atoms with van der Waals surface area (Å²) in [7, 11) is 7.46. The Hall–Kier alpha value is -2.08. The lowest BCUT2D eigenvalue weighted by molar-refractivity contribution is 0.0625. The van der Waals surface area contributed by atoms with E-state index in [1.54, 1.807) is 19.0 Å². The minimum Gasteiger partial charge on any atom is -0.381 e. The first-order valence-corrected chi connectivity index (χ1v) is 9.81. The van der Waals surface area contributed by atoms with Crippen molar-refractivity contribution in [1.29, 1.82) is 0 Å². The molecule has 1 aromatic carbocycles. The van der Waals surface area contributed by atoms with Gasteiger partial charge >= 0.3 is 0 Å². The predicted octanol–water partition coefficient (Wildman–Crippen LogP) is 2.25. The van der Waals surface area contributed by atoms with Crippen molar-refractivity contribution in [2.75, 3.05) is 54.5 Å². The van der Waals surface area contributed by atoms with Crippen molar-refractivity contribution in [3.63, 3.8) is 0 Å². The lowest BCUT2D eigenvalue weighted by Crippen LogP contribution is -2.40. The molecule has 0 spiro atoms. The Labute approximate surface area is 163 Å². The summed E-state index contributed by atoms with van der Waals surface area (Å²) in [5.41, 5.74) is 1.88. The third kappa shape index (κ3) is 6.86. The number of nitrogens with one attached hydrogen (secondary N) is 1. The molecular weight excluding hydrogens is 340 g/mol. The van der Waals surface area contributed by atoms with Crippen LogP contribution in [0, 0.1) is 5.92 Å². The van der Waals surface area contributed by atoms with Gasteiger partial charge in [0.2, 0.25) is 0 Å². The van der Waals surface area contributed by atoms with E-state index in [1.165, 1.54) is 19.3 Å². The molecule has 1 heterocycles. The summed E-state index contributed by atoms with van der Waals surface area (Å²) in [5, 5.41) is 3.43. The zero-order chi connectivity index (χ0) is 19.6. The van der Waals surface area contributed by atoms with E-state index in [-0.39, 0.29) is 5.91 Å². The summed E-state index contributed by atoms with van der Waals surface area (Å²) in [6, 6.07) is 7.84. The molecule has 0 aliphatic carbocycles. The van der Waals surface area contributed by atoms with E-state index in [1.807, 2.05) is 25.2 Å². The maximum atomic E-state index is 12.1. The summed E-state index contributed by atoms with van der Waals surface area (Å²) in [5.74, 6) is 1.72. The van der Waals surface area contributed by atoms with Crippen LogP contribution in [-0.4, -0.2) is 76.2 Å². The number of hydrogen-bond donors (Lipinski definition) is 1. The van der Waals surface area contributed by atoms with Crippen molar-refractivity contribution in [3.05, 3.63) is 35.4 Å². The molecule has 0 saturated carbocycles. The molecule has 27 heavy (non-hydrogen) atoms. The molecule has 1 N–H and O–H groups in total. The van der Waals surface area contributed by atoms with Gasteiger partial charge in [0.15, 0.2) is 5.96 Å². The second-order valence-corrected chi connectivity index (χ2v) is 7.39. The first-order chi connectivity index (χ1) is 13.0. The molecule has 0 radical (unpaired) electrons. The van der Waals surface area contributed by atoms with Gasteiger partial charge in [0.1, 0.15) is 0 Å². The Bertz CT molecular complexity index is 624. The molecule has 1 fully saturated rings. The van der Waals surface area contributed by atoms with Gasteiger partial charge in [-0.05, 0) is 49.3 Å². The third-order valence-electron chi connectivity index (χ3n) is 5.06. The molecule has 6 heteroatoms. The van der Waals surface area contributed by atoms with Crippen LogP contribution in [-0.2, 0) is 11.2 Å². The van der Waals surface area contributed by atoms with Crippen LogP contribution in [0.5, 0.6) is 0 Å². The summed E-state index contributed by atoms with van der Waals surface area (Å²) in [6.07, 6.45) is 4.36. The average Bonchev–Trinajstić information content (AvgIpc) is 2.69. The second-order valence-electron chi connectivity index (χ2n) is 7.39. The summed E-state index contributed by atoms with van der Waals surface area (Å²) in [4.78, 5) is 20.3. The zero-order valence-corrected chi connectivity index (χ0v) is 17.2. The minimum atomic E-state index is 0.0356. The minimum absolute atomic E-state index is 0.0356. The summed E-state index contributed by atoms with van der Waals surface area (Å²) in [6.45, 7) is 3.58. The summed E-state index contributed by atoms with van der Waals surface area (Å²) < 4.78 is 5.43. The first-order valence-electron chi connectivity index (χ1n) is 9.81. The van der Waals surface area contributed by atoms with Gasteiger partial charge in [0, 0.05) is 60.1 Å². The van der Waals surface area contributed by atoms with Crippen molar-refractivity contribution in [2.24, 2.45) is 10.9 Å². The van der Waals surface area contributed by atoms with Gasteiger partial charge in [-0.3, -0.25) is 9.79 Å². The lowest BCUT2D eigenvalue weighted by Gasteiger charge is -2.26. The molecule has 2 rings (SSSR count). The SMILES string of the molecule is CN=C(NCCc1cccc(C(=O)N(C)C)c1)N(C)CCC1CCOCC1. The highest BCUT2D eigenvalue weighted by Gasteiger charge is 2.15. The van der Waals surface area contributed by atoms with E-state index >= 15 is 0 Å². The van der Waals surface area contributed by atoms with Crippen LogP contribution in [0.3, 0.4) is 0 Å². The Balaban J connectivity index is 1.78. The normalized spacial score (nSPS) is 15.5. The first kappa shape index (κ1) is 21.2. The predicted molar refractivity (Wildman–Crippen MR) is 110 cm³/mol. The van der Waals surface area contributed by atoms with Crippen molar-refractivity contribution >= 4 is 11.9 Å². The molecule has 0 atom stereocenters. The monoisotopic (exact) mass is 374 g/mol. The number of carbonyl (C=O) groups excluding carboxylic acids is 1. The molecule has 0 bridgehead atoms. The highest BCUT2D eigenvalue weighted by atomic mass is 16.5. The van der Waals surface area contributed by atoms with E-state index in [4.69, 9.17) is 4.74 Å². The smallest absolute Gasteiger partial charge is 0.253 e. The Morgan fingerprint density at radius 1 is 1.26 bits per heavy atom. The van der Waals surface area contributed by atoms with E-state index in [2.05, 4.69) is 28.3 Å². The number of hydrogen-bond acceptors (Lipinski definition) is 3. The molecule has 150 valence electrons. The molecule has 1 amide bonds. The van der Waals surface area contributed by atoms with Gasteiger partial charge in [0.25, 0.3) is 5.91 Å². The molecule has 1 aromatic rings. The van der Waals surface area contributed by atoms with Crippen molar-refractivity contribution in [2.45, 2.75) is 25.7 Å².